The van der Waals surface area contributed by atoms with E-state index in [4.69, 9.17) is 10.5 Å². The SMILES string of the molecule is Cc1ccc(C(N)C(=O)NC(C)C2CCCO2)cc1. The monoisotopic (exact) mass is 262 g/mol. The van der Waals surface area contributed by atoms with Crippen molar-refractivity contribution >= 4 is 5.91 Å². The van der Waals surface area contributed by atoms with Gasteiger partial charge in [0.2, 0.25) is 5.91 Å². The molecule has 0 spiro atoms. The van der Waals surface area contributed by atoms with Crippen LogP contribution >= 0.6 is 0 Å². The van der Waals surface area contributed by atoms with E-state index in [1.807, 2.05) is 38.1 Å². The highest BCUT2D eigenvalue weighted by Crippen LogP contribution is 2.17. The Balaban J connectivity index is 1.93. The van der Waals surface area contributed by atoms with Crippen molar-refractivity contribution in [3.8, 4) is 0 Å². The second-order valence-corrected chi connectivity index (χ2v) is 5.24. The molecule has 4 nitrogen and oxygen atoms in total. The van der Waals surface area contributed by atoms with Crippen LogP contribution < -0.4 is 11.1 Å². The van der Waals surface area contributed by atoms with Crippen LogP contribution in [0.4, 0.5) is 0 Å². The van der Waals surface area contributed by atoms with Crippen molar-refractivity contribution < 1.29 is 9.53 Å². The summed E-state index contributed by atoms with van der Waals surface area (Å²) in [7, 11) is 0. The minimum Gasteiger partial charge on any atom is -0.376 e. The predicted octanol–water partition coefficient (Wildman–Crippen LogP) is 1.68. The molecule has 0 radical (unpaired) electrons. The number of carbonyl (C=O) groups excluding carboxylic acids is 1. The van der Waals surface area contributed by atoms with Gasteiger partial charge in [-0.2, -0.15) is 0 Å². The topological polar surface area (TPSA) is 64.4 Å². The second kappa shape index (κ2) is 6.17. The summed E-state index contributed by atoms with van der Waals surface area (Å²) in [6, 6.07) is 7.11. The number of hydrogen-bond acceptors (Lipinski definition) is 3. The van der Waals surface area contributed by atoms with E-state index in [0.29, 0.717) is 0 Å². The van der Waals surface area contributed by atoms with E-state index in [2.05, 4.69) is 5.32 Å². The number of carbonyl (C=O) groups is 1. The summed E-state index contributed by atoms with van der Waals surface area (Å²) in [4.78, 5) is 12.1. The van der Waals surface area contributed by atoms with E-state index in [1.54, 1.807) is 0 Å². The molecule has 3 atom stereocenters. The van der Waals surface area contributed by atoms with E-state index >= 15 is 0 Å². The van der Waals surface area contributed by atoms with Crippen molar-refractivity contribution in [2.24, 2.45) is 5.73 Å². The summed E-state index contributed by atoms with van der Waals surface area (Å²) in [5.74, 6) is -0.146. The zero-order valence-electron chi connectivity index (χ0n) is 11.6. The summed E-state index contributed by atoms with van der Waals surface area (Å²) in [6.07, 6.45) is 2.19. The standard InChI is InChI=1S/C15H22N2O2/c1-10-5-7-12(8-6-10)14(16)15(18)17-11(2)13-4-3-9-19-13/h5-8,11,13-14H,3-4,9,16H2,1-2H3,(H,17,18). The fraction of sp³-hybridized carbons (Fsp3) is 0.533. The lowest BCUT2D eigenvalue weighted by Crippen LogP contribution is -2.44. The molecule has 1 aliphatic heterocycles. The van der Waals surface area contributed by atoms with Crippen molar-refractivity contribution in [3.63, 3.8) is 0 Å². The lowest BCUT2D eigenvalue weighted by Gasteiger charge is -2.22. The Morgan fingerprint density at radius 2 is 2.11 bits per heavy atom. The van der Waals surface area contributed by atoms with Crippen LogP contribution in [0.25, 0.3) is 0 Å². The first kappa shape index (κ1) is 14.0. The van der Waals surface area contributed by atoms with Gasteiger partial charge in [0, 0.05) is 6.61 Å². The van der Waals surface area contributed by atoms with E-state index < -0.39 is 6.04 Å². The van der Waals surface area contributed by atoms with Crippen molar-refractivity contribution in [2.45, 2.75) is 44.9 Å². The molecule has 1 saturated heterocycles. The smallest absolute Gasteiger partial charge is 0.241 e. The molecular formula is C15H22N2O2. The van der Waals surface area contributed by atoms with Crippen molar-refractivity contribution in [2.75, 3.05) is 6.61 Å². The molecule has 1 amide bonds. The number of benzene rings is 1. The average Bonchev–Trinajstić information content (AvgIpc) is 2.92. The molecule has 1 aromatic rings. The molecule has 2 rings (SSSR count). The first-order chi connectivity index (χ1) is 9.08. The number of nitrogens with one attached hydrogen (secondary N) is 1. The van der Waals surface area contributed by atoms with Gasteiger partial charge in [-0.25, -0.2) is 0 Å². The van der Waals surface area contributed by atoms with E-state index in [9.17, 15) is 4.79 Å². The number of ether oxygens (including phenoxy) is 1. The van der Waals surface area contributed by atoms with Crippen LogP contribution in [0.3, 0.4) is 0 Å². The maximum atomic E-state index is 12.1. The molecule has 19 heavy (non-hydrogen) atoms. The Labute approximate surface area is 114 Å². The van der Waals surface area contributed by atoms with E-state index in [-0.39, 0.29) is 18.1 Å². The summed E-state index contributed by atoms with van der Waals surface area (Å²) < 4.78 is 5.56. The highest BCUT2D eigenvalue weighted by atomic mass is 16.5. The normalized spacial score (nSPS) is 21.9. The van der Waals surface area contributed by atoms with Crippen molar-refractivity contribution in [1.82, 2.24) is 5.32 Å². The van der Waals surface area contributed by atoms with Crippen LogP contribution in [0.1, 0.15) is 36.9 Å². The van der Waals surface area contributed by atoms with Gasteiger partial charge >= 0.3 is 0 Å². The Bertz CT molecular complexity index is 424. The summed E-state index contributed by atoms with van der Waals surface area (Å²) in [6.45, 7) is 4.76. The van der Waals surface area contributed by atoms with Gasteiger partial charge in [0.15, 0.2) is 0 Å². The zero-order valence-corrected chi connectivity index (χ0v) is 11.6. The molecule has 0 aromatic heterocycles. The third-order valence-electron chi connectivity index (χ3n) is 3.61. The lowest BCUT2D eigenvalue weighted by atomic mass is 10.0. The molecule has 0 saturated carbocycles. The highest BCUT2D eigenvalue weighted by molar-refractivity contribution is 5.83. The molecule has 1 aromatic carbocycles. The fourth-order valence-corrected chi connectivity index (χ4v) is 2.33. The number of nitrogens with two attached hydrogens (primary N) is 1. The van der Waals surface area contributed by atoms with Crippen LogP contribution in [0.15, 0.2) is 24.3 Å². The van der Waals surface area contributed by atoms with Crippen molar-refractivity contribution in [1.29, 1.82) is 0 Å². The molecule has 104 valence electrons. The molecule has 4 heteroatoms. The van der Waals surface area contributed by atoms with Gasteiger partial charge in [-0.15, -0.1) is 0 Å². The van der Waals surface area contributed by atoms with Crippen LogP contribution in [0.2, 0.25) is 0 Å². The second-order valence-electron chi connectivity index (χ2n) is 5.24. The first-order valence-corrected chi connectivity index (χ1v) is 6.82. The minimum absolute atomic E-state index is 0.00602. The molecule has 3 N–H and O–H groups in total. The van der Waals surface area contributed by atoms with Crippen LogP contribution in [-0.4, -0.2) is 24.7 Å². The third-order valence-corrected chi connectivity index (χ3v) is 3.61. The van der Waals surface area contributed by atoms with Crippen LogP contribution in [0, 0.1) is 6.92 Å². The lowest BCUT2D eigenvalue weighted by molar-refractivity contribution is -0.124. The summed E-state index contributed by atoms with van der Waals surface area (Å²) >= 11 is 0. The van der Waals surface area contributed by atoms with Crippen LogP contribution in [-0.2, 0) is 9.53 Å². The molecule has 0 aliphatic carbocycles. The fourth-order valence-electron chi connectivity index (χ4n) is 2.33. The quantitative estimate of drug-likeness (QED) is 0.867. The molecule has 0 bridgehead atoms. The number of amides is 1. The van der Waals surface area contributed by atoms with Gasteiger partial charge in [-0.05, 0) is 32.3 Å². The van der Waals surface area contributed by atoms with Crippen molar-refractivity contribution in [3.05, 3.63) is 35.4 Å². The highest BCUT2D eigenvalue weighted by Gasteiger charge is 2.25. The van der Waals surface area contributed by atoms with Crippen LogP contribution in [0.5, 0.6) is 0 Å². The predicted molar refractivity (Wildman–Crippen MR) is 74.7 cm³/mol. The Hall–Kier alpha value is -1.39. The largest absolute Gasteiger partial charge is 0.376 e. The Morgan fingerprint density at radius 1 is 1.42 bits per heavy atom. The van der Waals surface area contributed by atoms with Gasteiger partial charge in [0.25, 0.3) is 0 Å². The maximum Gasteiger partial charge on any atom is 0.241 e. The first-order valence-electron chi connectivity index (χ1n) is 6.82. The molecule has 3 unspecified atom stereocenters. The summed E-state index contributed by atoms with van der Waals surface area (Å²) in [5.41, 5.74) is 7.98. The average molecular weight is 262 g/mol. The Kier molecular flexibility index (Phi) is 4.56. The van der Waals surface area contributed by atoms with E-state index in [1.165, 1.54) is 0 Å². The Morgan fingerprint density at radius 3 is 2.68 bits per heavy atom. The van der Waals surface area contributed by atoms with Gasteiger partial charge < -0.3 is 15.8 Å². The van der Waals surface area contributed by atoms with Gasteiger partial charge in [0.05, 0.1) is 12.1 Å². The van der Waals surface area contributed by atoms with E-state index in [0.717, 1.165) is 30.6 Å². The zero-order chi connectivity index (χ0) is 13.8. The van der Waals surface area contributed by atoms with Gasteiger partial charge in [0.1, 0.15) is 6.04 Å². The summed E-state index contributed by atoms with van der Waals surface area (Å²) in [5, 5.41) is 2.95. The maximum absolute atomic E-state index is 12.1. The molecule has 1 fully saturated rings. The molecular weight excluding hydrogens is 240 g/mol. The molecule has 1 aliphatic rings. The minimum atomic E-state index is -0.621. The van der Waals surface area contributed by atoms with Gasteiger partial charge in [-0.1, -0.05) is 29.8 Å². The van der Waals surface area contributed by atoms with Gasteiger partial charge in [-0.3, -0.25) is 4.79 Å². The third kappa shape index (κ3) is 3.55. The molecule has 1 heterocycles. The number of hydrogen-bond donors (Lipinski definition) is 2. The number of rotatable bonds is 4. The number of aryl methyl sites for hydroxylation is 1.